The van der Waals surface area contributed by atoms with E-state index >= 15 is 0 Å². The normalized spacial score (nSPS) is 13.0. The summed E-state index contributed by atoms with van der Waals surface area (Å²) in [7, 11) is 0. The molecule has 1 aliphatic heterocycles. The van der Waals surface area contributed by atoms with Gasteiger partial charge in [0.05, 0.1) is 24.1 Å². The Labute approximate surface area is 175 Å². The molecule has 4 heterocycles. The van der Waals surface area contributed by atoms with Crippen molar-refractivity contribution in [1.29, 1.82) is 0 Å². The Morgan fingerprint density at radius 1 is 1.13 bits per heavy atom. The average Bonchev–Trinajstić information content (AvgIpc) is 3.43. The second-order valence-corrected chi connectivity index (χ2v) is 8.31. The highest BCUT2D eigenvalue weighted by Gasteiger charge is 2.19. The highest BCUT2D eigenvalue weighted by molar-refractivity contribution is 5.86. The lowest BCUT2D eigenvalue weighted by Crippen LogP contribution is -2.17. The van der Waals surface area contributed by atoms with Gasteiger partial charge in [0.15, 0.2) is 11.5 Å². The topological polar surface area (TPSA) is 67.5 Å². The molecule has 0 saturated carbocycles. The van der Waals surface area contributed by atoms with Gasteiger partial charge in [-0.05, 0) is 35.7 Å². The zero-order chi connectivity index (χ0) is 20.7. The van der Waals surface area contributed by atoms with E-state index in [-0.39, 0.29) is 5.41 Å². The minimum atomic E-state index is 0.0599. The van der Waals surface area contributed by atoms with Gasteiger partial charge in [0.25, 0.3) is 0 Å². The number of pyridine rings is 1. The SMILES string of the molecule is CCC(C)(C)c1ccc(Nc2nc(-c3ccc4c(c3)CN=C4)cn3ccnc23)cn1. The van der Waals surface area contributed by atoms with Crippen LogP contribution >= 0.6 is 0 Å². The summed E-state index contributed by atoms with van der Waals surface area (Å²) >= 11 is 0. The minimum Gasteiger partial charge on any atom is -0.336 e. The van der Waals surface area contributed by atoms with Crippen LogP contribution in [0.2, 0.25) is 0 Å². The number of hydrogen-bond acceptors (Lipinski definition) is 5. The van der Waals surface area contributed by atoms with Crippen LogP contribution in [0.5, 0.6) is 0 Å². The Balaban J connectivity index is 1.51. The predicted octanol–water partition coefficient (Wildman–Crippen LogP) is 5.16. The molecule has 0 radical (unpaired) electrons. The molecular formula is C24H24N6. The first-order valence-electron chi connectivity index (χ1n) is 10.2. The number of rotatable bonds is 5. The number of benzene rings is 1. The summed E-state index contributed by atoms with van der Waals surface area (Å²) in [6, 6.07) is 10.5. The Kier molecular flexibility index (Phi) is 4.35. The molecule has 6 heteroatoms. The summed E-state index contributed by atoms with van der Waals surface area (Å²) in [5, 5.41) is 3.41. The summed E-state index contributed by atoms with van der Waals surface area (Å²) in [6.07, 6.45) is 10.6. The molecule has 1 N–H and O–H groups in total. The van der Waals surface area contributed by atoms with E-state index in [9.17, 15) is 0 Å². The molecule has 0 bridgehead atoms. The molecule has 3 aromatic heterocycles. The van der Waals surface area contributed by atoms with E-state index < -0.39 is 0 Å². The van der Waals surface area contributed by atoms with Crippen LogP contribution in [-0.2, 0) is 12.0 Å². The van der Waals surface area contributed by atoms with E-state index in [1.807, 2.05) is 29.2 Å². The summed E-state index contributed by atoms with van der Waals surface area (Å²) in [6.45, 7) is 7.34. The molecule has 1 aromatic carbocycles. The van der Waals surface area contributed by atoms with Crippen molar-refractivity contribution >= 4 is 23.4 Å². The monoisotopic (exact) mass is 396 g/mol. The molecule has 0 saturated heterocycles. The first-order valence-corrected chi connectivity index (χ1v) is 10.2. The Morgan fingerprint density at radius 3 is 2.83 bits per heavy atom. The van der Waals surface area contributed by atoms with Crippen molar-refractivity contribution in [2.24, 2.45) is 4.99 Å². The van der Waals surface area contributed by atoms with Gasteiger partial charge < -0.3 is 9.72 Å². The molecule has 1 aliphatic rings. The maximum absolute atomic E-state index is 4.89. The molecule has 0 unspecified atom stereocenters. The first-order chi connectivity index (χ1) is 14.5. The lowest BCUT2D eigenvalue weighted by molar-refractivity contribution is 0.490. The maximum Gasteiger partial charge on any atom is 0.180 e. The Hall–Kier alpha value is -3.54. The van der Waals surface area contributed by atoms with Crippen LogP contribution in [0.1, 0.15) is 44.0 Å². The van der Waals surface area contributed by atoms with Crippen molar-refractivity contribution in [2.75, 3.05) is 5.32 Å². The number of imidazole rings is 1. The lowest BCUT2D eigenvalue weighted by atomic mass is 9.86. The molecule has 0 spiro atoms. The van der Waals surface area contributed by atoms with Gasteiger partial charge in [-0.25, -0.2) is 9.97 Å². The lowest BCUT2D eigenvalue weighted by Gasteiger charge is -2.22. The Bertz CT molecular complexity index is 1250. The fourth-order valence-corrected chi connectivity index (χ4v) is 3.61. The molecular weight excluding hydrogens is 372 g/mol. The van der Waals surface area contributed by atoms with Crippen LogP contribution in [0, 0.1) is 0 Å². The minimum absolute atomic E-state index is 0.0599. The van der Waals surface area contributed by atoms with E-state index in [0.717, 1.165) is 41.3 Å². The highest BCUT2D eigenvalue weighted by atomic mass is 15.1. The van der Waals surface area contributed by atoms with Crippen LogP contribution in [0.25, 0.3) is 16.9 Å². The van der Waals surface area contributed by atoms with E-state index in [2.05, 4.69) is 71.4 Å². The fourth-order valence-electron chi connectivity index (χ4n) is 3.61. The van der Waals surface area contributed by atoms with Crippen molar-refractivity contribution in [1.82, 2.24) is 19.4 Å². The molecule has 150 valence electrons. The molecule has 30 heavy (non-hydrogen) atoms. The van der Waals surface area contributed by atoms with Gasteiger partial charge in [0.1, 0.15) is 0 Å². The average molecular weight is 396 g/mol. The zero-order valence-corrected chi connectivity index (χ0v) is 17.4. The number of nitrogens with zero attached hydrogens (tertiary/aromatic N) is 5. The molecule has 0 fully saturated rings. The second-order valence-electron chi connectivity index (χ2n) is 8.31. The van der Waals surface area contributed by atoms with Gasteiger partial charge in [0, 0.05) is 41.5 Å². The summed E-state index contributed by atoms with van der Waals surface area (Å²) in [5.41, 5.74) is 7.18. The molecule has 0 amide bonds. The number of fused-ring (bicyclic) bond motifs is 2. The maximum atomic E-state index is 4.89. The smallest absolute Gasteiger partial charge is 0.180 e. The third-order valence-corrected chi connectivity index (χ3v) is 5.91. The van der Waals surface area contributed by atoms with Crippen molar-refractivity contribution in [3.8, 4) is 11.3 Å². The third kappa shape index (κ3) is 3.24. The molecule has 0 aliphatic carbocycles. The highest BCUT2D eigenvalue weighted by Crippen LogP contribution is 2.29. The molecule has 4 aromatic rings. The first kappa shape index (κ1) is 18.5. The van der Waals surface area contributed by atoms with Gasteiger partial charge in [0.2, 0.25) is 0 Å². The van der Waals surface area contributed by atoms with Gasteiger partial charge >= 0.3 is 0 Å². The van der Waals surface area contributed by atoms with Crippen molar-refractivity contribution < 1.29 is 0 Å². The molecule has 6 nitrogen and oxygen atoms in total. The largest absolute Gasteiger partial charge is 0.336 e. The number of hydrogen-bond donors (Lipinski definition) is 1. The summed E-state index contributed by atoms with van der Waals surface area (Å²) in [5.74, 6) is 0.707. The third-order valence-electron chi connectivity index (χ3n) is 5.91. The Morgan fingerprint density at radius 2 is 2.03 bits per heavy atom. The van der Waals surface area contributed by atoms with Gasteiger partial charge in [-0.3, -0.25) is 9.98 Å². The van der Waals surface area contributed by atoms with Gasteiger partial charge in [-0.1, -0.05) is 32.9 Å². The van der Waals surface area contributed by atoms with Crippen LogP contribution in [0.3, 0.4) is 0 Å². The van der Waals surface area contributed by atoms with E-state index in [1.165, 1.54) is 11.1 Å². The van der Waals surface area contributed by atoms with E-state index in [1.54, 1.807) is 6.20 Å². The number of aromatic nitrogens is 4. The predicted molar refractivity (Wildman–Crippen MR) is 121 cm³/mol. The summed E-state index contributed by atoms with van der Waals surface area (Å²) in [4.78, 5) is 18.4. The standard InChI is InChI=1S/C24H24N6/c1-4-24(2,3)21-8-7-19(14-27-21)28-22-23-26-9-10-30(23)15-20(29-22)16-5-6-17-12-25-13-18(17)11-16/h5-12,14-15H,4,13H2,1-3H3,(H,28,29). The van der Waals surface area contributed by atoms with Crippen LogP contribution < -0.4 is 5.32 Å². The van der Waals surface area contributed by atoms with Crippen molar-refractivity contribution in [2.45, 2.75) is 39.2 Å². The van der Waals surface area contributed by atoms with Crippen LogP contribution in [0.15, 0.2) is 60.1 Å². The van der Waals surface area contributed by atoms with Crippen LogP contribution in [0.4, 0.5) is 11.5 Å². The van der Waals surface area contributed by atoms with E-state index in [4.69, 9.17) is 4.98 Å². The molecule has 5 rings (SSSR count). The second kappa shape index (κ2) is 7.06. The van der Waals surface area contributed by atoms with Crippen LogP contribution in [-0.4, -0.2) is 25.6 Å². The fraction of sp³-hybridized carbons (Fsp3) is 0.250. The number of nitrogens with one attached hydrogen (secondary N) is 1. The quantitative estimate of drug-likeness (QED) is 0.506. The number of aliphatic imine (C=N–C) groups is 1. The zero-order valence-electron chi connectivity index (χ0n) is 17.4. The van der Waals surface area contributed by atoms with Crippen molar-refractivity contribution in [3.05, 3.63) is 71.9 Å². The van der Waals surface area contributed by atoms with E-state index in [0.29, 0.717) is 5.82 Å². The van der Waals surface area contributed by atoms with Gasteiger partial charge in [-0.2, -0.15) is 0 Å². The van der Waals surface area contributed by atoms with Crippen molar-refractivity contribution in [3.63, 3.8) is 0 Å². The molecule has 0 atom stereocenters. The van der Waals surface area contributed by atoms with Gasteiger partial charge in [-0.15, -0.1) is 0 Å². The number of anilines is 2. The summed E-state index contributed by atoms with van der Waals surface area (Å²) < 4.78 is 2.00.